The molecule has 0 spiro atoms. The molecule has 3 aromatic heterocycles. The third-order valence-corrected chi connectivity index (χ3v) is 9.42. The van der Waals surface area contributed by atoms with E-state index in [1.54, 1.807) is 0 Å². The highest BCUT2D eigenvalue weighted by molar-refractivity contribution is 6.24. The molecule has 0 saturated carbocycles. The van der Waals surface area contributed by atoms with Crippen molar-refractivity contribution in [1.82, 2.24) is 9.38 Å². The zero-order chi connectivity index (χ0) is 30.2. The molecule has 10 rings (SSSR count). The molecule has 7 aromatic carbocycles. The highest BCUT2D eigenvalue weighted by Crippen LogP contribution is 2.46. The molecule has 0 atom stereocenters. The highest BCUT2D eigenvalue weighted by atomic mass is 16.3. The van der Waals surface area contributed by atoms with Crippen LogP contribution < -0.4 is 0 Å². The van der Waals surface area contributed by atoms with Gasteiger partial charge in [0, 0.05) is 11.6 Å². The van der Waals surface area contributed by atoms with Crippen molar-refractivity contribution in [2.24, 2.45) is 0 Å². The van der Waals surface area contributed by atoms with Crippen LogP contribution in [0.15, 0.2) is 162 Å². The fourth-order valence-electron chi connectivity index (χ4n) is 7.42. The predicted molar refractivity (Wildman–Crippen MR) is 191 cm³/mol. The Balaban J connectivity index is 1.28. The van der Waals surface area contributed by atoms with Crippen LogP contribution in [0, 0.1) is 0 Å². The van der Waals surface area contributed by atoms with Gasteiger partial charge in [-0.15, -0.1) is 0 Å². The lowest BCUT2D eigenvalue weighted by Gasteiger charge is -2.19. The van der Waals surface area contributed by atoms with E-state index in [1.165, 1.54) is 60.1 Å². The van der Waals surface area contributed by atoms with Crippen LogP contribution in [0.25, 0.3) is 93.5 Å². The summed E-state index contributed by atoms with van der Waals surface area (Å²) < 4.78 is 8.43. The number of para-hydroxylation sites is 1. The Morgan fingerprint density at radius 2 is 0.957 bits per heavy atom. The van der Waals surface area contributed by atoms with E-state index in [0.29, 0.717) is 0 Å². The lowest BCUT2D eigenvalue weighted by molar-refractivity contribution is 0.649. The van der Waals surface area contributed by atoms with E-state index in [0.717, 1.165) is 33.4 Å². The van der Waals surface area contributed by atoms with Gasteiger partial charge in [0.1, 0.15) is 16.7 Å². The minimum absolute atomic E-state index is 0.772. The standard InChI is InChI=1S/C43H26N2O/c1-2-12-27(13-3-1)29-23-24-36(31-15-5-4-14-30(29)31)41-34-18-8-6-16-32(34)40(33-17-7-9-19-35(33)41)28-22-25-39-44-42-37-20-10-11-21-38(37)46-43(42)45(39)26-28/h1-26H. The van der Waals surface area contributed by atoms with Gasteiger partial charge in [-0.1, -0.05) is 127 Å². The summed E-state index contributed by atoms with van der Waals surface area (Å²) >= 11 is 0. The number of rotatable bonds is 3. The number of imidazole rings is 1. The zero-order valence-corrected chi connectivity index (χ0v) is 24.8. The number of hydrogen-bond acceptors (Lipinski definition) is 2. The van der Waals surface area contributed by atoms with Crippen molar-refractivity contribution in [2.45, 2.75) is 0 Å². The van der Waals surface area contributed by atoms with E-state index in [-0.39, 0.29) is 0 Å². The molecule has 0 unspecified atom stereocenters. The SMILES string of the molecule is c1ccc(-c2ccc(-c3c4ccccc4c(-c4ccc5nc6c7ccccc7oc6n5c4)c4ccccc34)c3ccccc23)cc1. The minimum atomic E-state index is 0.772. The molecule has 0 aliphatic carbocycles. The Morgan fingerprint density at radius 3 is 1.65 bits per heavy atom. The lowest BCUT2D eigenvalue weighted by atomic mass is 9.84. The van der Waals surface area contributed by atoms with Gasteiger partial charge in [0.05, 0.1) is 0 Å². The van der Waals surface area contributed by atoms with E-state index < -0.39 is 0 Å². The van der Waals surface area contributed by atoms with Gasteiger partial charge in [-0.2, -0.15) is 0 Å². The summed E-state index contributed by atoms with van der Waals surface area (Å²) in [5, 5.41) is 8.43. The van der Waals surface area contributed by atoms with Crippen molar-refractivity contribution in [1.29, 1.82) is 0 Å². The van der Waals surface area contributed by atoms with Crippen LogP contribution >= 0.6 is 0 Å². The quantitative estimate of drug-likeness (QED) is 0.193. The van der Waals surface area contributed by atoms with Crippen molar-refractivity contribution in [3.63, 3.8) is 0 Å². The maximum absolute atomic E-state index is 6.33. The van der Waals surface area contributed by atoms with Gasteiger partial charge in [0.15, 0.2) is 0 Å². The molecule has 0 bridgehead atoms. The molecule has 0 saturated heterocycles. The molecule has 3 nitrogen and oxygen atoms in total. The first-order valence-corrected chi connectivity index (χ1v) is 15.6. The molecule has 3 heteroatoms. The summed E-state index contributed by atoms with van der Waals surface area (Å²) in [4.78, 5) is 4.94. The monoisotopic (exact) mass is 586 g/mol. The first-order chi connectivity index (χ1) is 22.8. The average Bonchev–Trinajstić information content (AvgIpc) is 3.66. The van der Waals surface area contributed by atoms with Crippen molar-refractivity contribution < 1.29 is 4.42 Å². The summed E-state index contributed by atoms with van der Waals surface area (Å²) in [7, 11) is 0. The van der Waals surface area contributed by atoms with E-state index in [1.807, 2.05) is 18.2 Å². The molecule has 3 heterocycles. The smallest absolute Gasteiger partial charge is 0.232 e. The fraction of sp³-hybridized carbons (Fsp3) is 0. The summed E-state index contributed by atoms with van der Waals surface area (Å²) in [6.45, 7) is 0. The maximum atomic E-state index is 6.33. The number of fused-ring (bicyclic) bond motifs is 8. The Bertz CT molecular complexity index is 2750. The number of furan rings is 1. The second-order valence-electron chi connectivity index (χ2n) is 11.9. The van der Waals surface area contributed by atoms with Crippen molar-refractivity contribution in [3.8, 4) is 33.4 Å². The maximum Gasteiger partial charge on any atom is 0.232 e. The fourth-order valence-corrected chi connectivity index (χ4v) is 7.42. The molecule has 0 amide bonds. The van der Waals surface area contributed by atoms with Crippen molar-refractivity contribution in [2.75, 3.05) is 0 Å². The molecule has 0 aliphatic heterocycles. The van der Waals surface area contributed by atoms with Gasteiger partial charge < -0.3 is 4.42 Å². The van der Waals surface area contributed by atoms with Crippen LogP contribution in [0.3, 0.4) is 0 Å². The second kappa shape index (κ2) is 9.65. The van der Waals surface area contributed by atoms with Crippen molar-refractivity contribution in [3.05, 3.63) is 158 Å². The Kier molecular flexibility index (Phi) is 5.28. The van der Waals surface area contributed by atoms with E-state index in [9.17, 15) is 0 Å². The molecule has 0 N–H and O–H groups in total. The van der Waals surface area contributed by atoms with Gasteiger partial charge in [0.25, 0.3) is 0 Å². The molecule has 214 valence electrons. The Morgan fingerprint density at radius 1 is 0.413 bits per heavy atom. The number of pyridine rings is 1. The molecule has 10 aromatic rings. The van der Waals surface area contributed by atoms with E-state index in [4.69, 9.17) is 9.40 Å². The van der Waals surface area contributed by atoms with E-state index >= 15 is 0 Å². The van der Waals surface area contributed by atoms with Gasteiger partial charge in [0.2, 0.25) is 5.71 Å². The lowest BCUT2D eigenvalue weighted by Crippen LogP contribution is -1.93. The average molecular weight is 587 g/mol. The van der Waals surface area contributed by atoms with Crippen LogP contribution in [0.1, 0.15) is 0 Å². The topological polar surface area (TPSA) is 30.4 Å². The number of benzene rings is 7. The van der Waals surface area contributed by atoms with Crippen LogP contribution in [-0.4, -0.2) is 9.38 Å². The number of aromatic nitrogens is 2. The molecule has 0 fully saturated rings. The number of hydrogen-bond donors (Lipinski definition) is 0. The van der Waals surface area contributed by atoms with Gasteiger partial charge in [-0.05, 0) is 90.0 Å². The molecule has 0 radical (unpaired) electrons. The molecule has 0 aliphatic rings. The van der Waals surface area contributed by atoms with E-state index in [2.05, 4.69) is 144 Å². The molecular formula is C43H26N2O. The first kappa shape index (κ1) is 25.2. The van der Waals surface area contributed by atoms with Crippen LogP contribution in [0.5, 0.6) is 0 Å². The van der Waals surface area contributed by atoms with Crippen LogP contribution in [0.2, 0.25) is 0 Å². The summed E-state index contributed by atoms with van der Waals surface area (Å²) in [6.07, 6.45) is 2.19. The molecular weight excluding hydrogens is 560 g/mol. The third-order valence-electron chi connectivity index (χ3n) is 9.42. The minimum Gasteiger partial charge on any atom is -0.437 e. The molecule has 46 heavy (non-hydrogen) atoms. The Hall–Kier alpha value is -6.19. The largest absolute Gasteiger partial charge is 0.437 e. The first-order valence-electron chi connectivity index (χ1n) is 15.6. The predicted octanol–water partition coefficient (Wildman–Crippen LogP) is 11.7. The summed E-state index contributed by atoms with van der Waals surface area (Å²) in [5.74, 6) is 0. The Labute approximate surface area is 264 Å². The van der Waals surface area contributed by atoms with Crippen molar-refractivity contribution >= 4 is 60.2 Å². The van der Waals surface area contributed by atoms with Crippen LogP contribution in [0.4, 0.5) is 0 Å². The third kappa shape index (κ3) is 3.57. The second-order valence-corrected chi connectivity index (χ2v) is 11.9. The normalized spacial score (nSPS) is 11.9. The van der Waals surface area contributed by atoms with Crippen LogP contribution in [-0.2, 0) is 0 Å². The van der Waals surface area contributed by atoms with Gasteiger partial charge in [-0.25, -0.2) is 4.98 Å². The summed E-state index contributed by atoms with van der Waals surface area (Å²) in [5.41, 5.74) is 10.7. The summed E-state index contributed by atoms with van der Waals surface area (Å²) in [6, 6.07) is 54.2. The van der Waals surface area contributed by atoms with Gasteiger partial charge >= 0.3 is 0 Å². The zero-order valence-electron chi connectivity index (χ0n) is 24.8. The number of nitrogens with zero attached hydrogens (tertiary/aromatic N) is 2. The highest BCUT2D eigenvalue weighted by Gasteiger charge is 2.20. The van der Waals surface area contributed by atoms with Gasteiger partial charge in [-0.3, -0.25) is 4.40 Å².